The second-order valence-electron chi connectivity index (χ2n) is 5.81. The fraction of sp³-hybridized carbons (Fsp3) is 0.333. The number of hydrogen-bond acceptors (Lipinski definition) is 2. The van der Waals surface area contributed by atoms with Crippen LogP contribution >= 0.6 is 23.8 Å². The molecule has 1 aromatic carbocycles. The molecular formula is C15H19ClN4S. The van der Waals surface area contributed by atoms with Crippen molar-refractivity contribution in [3.63, 3.8) is 0 Å². The molecule has 0 radical (unpaired) electrons. The Labute approximate surface area is 135 Å². The zero-order valence-electron chi connectivity index (χ0n) is 12.6. The minimum absolute atomic E-state index is 0.128. The number of anilines is 2. The Morgan fingerprint density at radius 2 is 1.90 bits per heavy atom. The lowest BCUT2D eigenvalue weighted by atomic mass is 10.1. The van der Waals surface area contributed by atoms with Gasteiger partial charge in [0.1, 0.15) is 5.82 Å². The summed E-state index contributed by atoms with van der Waals surface area (Å²) in [5.74, 6) is 0.851. The van der Waals surface area contributed by atoms with Crippen molar-refractivity contribution in [2.24, 2.45) is 0 Å². The average Bonchev–Trinajstić information content (AvgIpc) is 2.73. The summed E-state index contributed by atoms with van der Waals surface area (Å²) in [6.07, 6.45) is 0. The molecule has 4 nitrogen and oxygen atoms in total. The molecule has 2 rings (SSSR count). The number of aromatic nitrogens is 2. The van der Waals surface area contributed by atoms with Gasteiger partial charge in [0, 0.05) is 6.07 Å². The highest BCUT2D eigenvalue weighted by Gasteiger charge is 2.19. The van der Waals surface area contributed by atoms with Crippen LogP contribution in [0.3, 0.4) is 0 Å². The van der Waals surface area contributed by atoms with E-state index < -0.39 is 0 Å². The summed E-state index contributed by atoms with van der Waals surface area (Å²) in [6.45, 7) is 8.23. The predicted molar refractivity (Wildman–Crippen MR) is 93.3 cm³/mol. The normalized spacial score (nSPS) is 11.3. The molecule has 0 aliphatic rings. The summed E-state index contributed by atoms with van der Waals surface area (Å²) in [5, 5.41) is 11.9. The van der Waals surface area contributed by atoms with Crippen LogP contribution in [0, 0.1) is 6.92 Å². The van der Waals surface area contributed by atoms with E-state index in [0.29, 0.717) is 10.1 Å². The highest BCUT2D eigenvalue weighted by Crippen LogP contribution is 2.23. The highest BCUT2D eigenvalue weighted by molar-refractivity contribution is 7.80. The summed E-state index contributed by atoms with van der Waals surface area (Å²) in [4.78, 5) is 0. The summed E-state index contributed by atoms with van der Waals surface area (Å²) in [7, 11) is 0. The number of nitrogens with zero attached hydrogens (tertiary/aromatic N) is 2. The van der Waals surface area contributed by atoms with Crippen LogP contribution in [-0.2, 0) is 5.54 Å². The first-order valence-electron chi connectivity index (χ1n) is 6.67. The molecule has 1 aromatic heterocycles. The predicted octanol–water partition coefficient (Wildman–Crippen LogP) is 4.41. The second kappa shape index (κ2) is 6.03. The Balaban J connectivity index is 2.16. The first kappa shape index (κ1) is 15.8. The SMILES string of the molecule is Cc1cc(NC(=S)Nc2ccccc2Cl)n(C(C)(C)C)n1. The van der Waals surface area contributed by atoms with Gasteiger partial charge in [0.25, 0.3) is 0 Å². The largest absolute Gasteiger partial charge is 0.331 e. The second-order valence-corrected chi connectivity index (χ2v) is 6.63. The number of rotatable bonds is 2. The van der Waals surface area contributed by atoms with E-state index in [1.807, 2.05) is 41.9 Å². The van der Waals surface area contributed by atoms with Crippen LogP contribution < -0.4 is 10.6 Å². The van der Waals surface area contributed by atoms with Gasteiger partial charge in [0.2, 0.25) is 0 Å². The lowest BCUT2D eigenvalue weighted by Gasteiger charge is -2.23. The van der Waals surface area contributed by atoms with Crippen molar-refractivity contribution in [2.45, 2.75) is 33.2 Å². The molecule has 0 unspecified atom stereocenters. The first-order chi connectivity index (χ1) is 9.77. The van der Waals surface area contributed by atoms with E-state index in [4.69, 9.17) is 23.8 Å². The summed E-state index contributed by atoms with van der Waals surface area (Å²) < 4.78 is 1.92. The quantitative estimate of drug-likeness (QED) is 0.804. The highest BCUT2D eigenvalue weighted by atomic mass is 35.5. The van der Waals surface area contributed by atoms with Gasteiger partial charge in [-0.25, -0.2) is 4.68 Å². The third kappa shape index (κ3) is 3.95. The molecule has 0 saturated carbocycles. The first-order valence-corrected chi connectivity index (χ1v) is 7.45. The Morgan fingerprint density at radius 1 is 1.24 bits per heavy atom. The lowest BCUT2D eigenvalue weighted by molar-refractivity contribution is 0.360. The molecule has 0 amide bonds. The van der Waals surface area contributed by atoms with E-state index in [1.165, 1.54) is 0 Å². The minimum atomic E-state index is -0.128. The van der Waals surface area contributed by atoms with Gasteiger partial charge in [-0.05, 0) is 52.0 Å². The van der Waals surface area contributed by atoms with Crippen LogP contribution in [0.4, 0.5) is 11.5 Å². The summed E-state index contributed by atoms with van der Waals surface area (Å²) in [6, 6.07) is 9.44. The third-order valence-corrected chi connectivity index (χ3v) is 3.36. The third-order valence-electron chi connectivity index (χ3n) is 2.83. The van der Waals surface area contributed by atoms with Crippen molar-refractivity contribution < 1.29 is 0 Å². The minimum Gasteiger partial charge on any atom is -0.331 e. The van der Waals surface area contributed by atoms with Gasteiger partial charge < -0.3 is 10.6 Å². The van der Waals surface area contributed by atoms with Crippen LogP contribution in [0.5, 0.6) is 0 Å². The number of halogens is 1. The molecule has 0 saturated heterocycles. The van der Waals surface area contributed by atoms with Crippen molar-refractivity contribution in [1.29, 1.82) is 0 Å². The summed E-state index contributed by atoms with van der Waals surface area (Å²) in [5.41, 5.74) is 1.58. The van der Waals surface area contributed by atoms with Crippen molar-refractivity contribution in [3.05, 3.63) is 41.0 Å². The molecule has 0 spiro atoms. The monoisotopic (exact) mass is 322 g/mol. The van der Waals surface area contributed by atoms with Gasteiger partial charge >= 0.3 is 0 Å². The van der Waals surface area contributed by atoms with Crippen molar-refractivity contribution >= 4 is 40.4 Å². The molecule has 0 aliphatic heterocycles. The van der Waals surface area contributed by atoms with Gasteiger partial charge in [-0.1, -0.05) is 23.7 Å². The molecular weight excluding hydrogens is 304 g/mol. The molecule has 0 atom stereocenters. The van der Waals surface area contributed by atoms with Gasteiger partial charge in [-0.3, -0.25) is 0 Å². The van der Waals surface area contributed by atoms with Crippen LogP contribution in [0.1, 0.15) is 26.5 Å². The number of thiocarbonyl (C=S) groups is 1. The molecule has 0 fully saturated rings. The van der Waals surface area contributed by atoms with Crippen molar-refractivity contribution in [2.75, 3.05) is 10.6 Å². The molecule has 0 aliphatic carbocycles. The van der Waals surface area contributed by atoms with Crippen LogP contribution in [-0.4, -0.2) is 14.9 Å². The maximum Gasteiger partial charge on any atom is 0.176 e. The maximum atomic E-state index is 6.11. The molecule has 112 valence electrons. The molecule has 2 N–H and O–H groups in total. The molecule has 0 bridgehead atoms. The van der Waals surface area contributed by atoms with Gasteiger partial charge in [0.15, 0.2) is 5.11 Å². The van der Waals surface area contributed by atoms with Crippen LogP contribution in [0.2, 0.25) is 5.02 Å². The van der Waals surface area contributed by atoms with E-state index in [0.717, 1.165) is 17.2 Å². The Bertz CT molecular complexity index is 658. The zero-order chi connectivity index (χ0) is 15.6. The van der Waals surface area contributed by atoms with Crippen LogP contribution in [0.25, 0.3) is 0 Å². The zero-order valence-corrected chi connectivity index (χ0v) is 14.1. The fourth-order valence-electron chi connectivity index (χ4n) is 1.93. The topological polar surface area (TPSA) is 41.9 Å². The molecule has 6 heteroatoms. The van der Waals surface area contributed by atoms with E-state index in [-0.39, 0.29) is 5.54 Å². The number of para-hydroxylation sites is 1. The smallest absolute Gasteiger partial charge is 0.176 e. The molecule has 1 heterocycles. The van der Waals surface area contributed by atoms with Gasteiger partial charge in [-0.15, -0.1) is 0 Å². The average molecular weight is 323 g/mol. The number of hydrogen-bond donors (Lipinski definition) is 2. The number of benzene rings is 1. The Morgan fingerprint density at radius 3 is 2.52 bits per heavy atom. The molecule has 21 heavy (non-hydrogen) atoms. The van der Waals surface area contributed by atoms with E-state index in [1.54, 1.807) is 0 Å². The fourth-order valence-corrected chi connectivity index (χ4v) is 2.33. The van der Waals surface area contributed by atoms with E-state index >= 15 is 0 Å². The van der Waals surface area contributed by atoms with Crippen LogP contribution in [0.15, 0.2) is 30.3 Å². The number of nitrogens with one attached hydrogen (secondary N) is 2. The standard InChI is InChI=1S/C15H19ClN4S/c1-10-9-13(20(19-10)15(2,3)4)18-14(21)17-12-8-6-5-7-11(12)16/h5-9H,1-4H3,(H2,17,18,21). The summed E-state index contributed by atoms with van der Waals surface area (Å²) >= 11 is 11.5. The Hall–Kier alpha value is -1.59. The Kier molecular flexibility index (Phi) is 4.54. The molecule has 2 aromatic rings. The van der Waals surface area contributed by atoms with Crippen molar-refractivity contribution in [3.8, 4) is 0 Å². The van der Waals surface area contributed by atoms with E-state index in [9.17, 15) is 0 Å². The van der Waals surface area contributed by atoms with E-state index in [2.05, 4.69) is 36.5 Å². The maximum absolute atomic E-state index is 6.11. The van der Waals surface area contributed by atoms with Gasteiger partial charge in [0.05, 0.1) is 21.9 Å². The van der Waals surface area contributed by atoms with Crippen molar-refractivity contribution in [1.82, 2.24) is 9.78 Å². The van der Waals surface area contributed by atoms with Gasteiger partial charge in [-0.2, -0.15) is 5.10 Å². The lowest BCUT2D eigenvalue weighted by Crippen LogP contribution is -2.28. The number of aryl methyl sites for hydroxylation is 1.